The van der Waals surface area contributed by atoms with Crippen LogP contribution in [-0.4, -0.2) is 82.4 Å². The first-order valence-corrected chi connectivity index (χ1v) is 18.8. The molecule has 1 aromatic carbocycles. The van der Waals surface area contributed by atoms with E-state index >= 15 is 0 Å². The Morgan fingerprint density at radius 2 is 1.76 bits per heavy atom. The predicted octanol–water partition coefficient (Wildman–Crippen LogP) is 1.49. The third-order valence-corrected chi connectivity index (χ3v) is 14.3. The van der Waals surface area contributed by atoms with Gasteiger partial charge in [-0.25, -0.2) is 21.1 Å². The Hall–Kier alpha value is -2.02. The van der Waals surface area contributed by atoms with Crippen LogP contribution in [0.4, 0.5) is 0 Å². The number of amides is 2. The number of fused-ring (bicyclic) bond motifs is 4. The summed E-state index contributed by atoms with van der Waals surface area (Å²) < 4.78 is 53.5. The van der Waals surface area contributed by atoms with Crippen molar-refractivity contribution in [2.24, 2.45) is 22.5 Å². The molecular formula is C30H46N4O6S2. The molecule has 1 unspecified atom stereocenters. The molecule has 234 valence electrons. The van der Waals surface area contributed by atoms with Crippen LogP contribution in [0.1, 0.15) is 69.9 Å². The number of nitrogens with zero attached hydrogens (tertiary/aromatic N) is 1. The molecule has 2 amide bonds. The summed E-state index contributed by atoms with van der Waals surface area (Å²) in [5.74, 6) is -1.10. The van der Waals surface area contributed by atoms with Gasteiger partial charge in [0.1, 0.15) is 15.9 Å². The number of nitrogens with one attached hydrogen (secondary N) is 2. The average Bonchev–Trinajstić information content (AvgIpc) is 3.47. The second-order valence-electron chi connectivity index (χ2n) is 13.7. The van der Waals surface area contributed by atoms with Gasteiger partial charge in [0, 0.05) is 30.8 Å². The highest BCUT2D eigenvalue weighted by molar-refractivity contribution is 7.90. The minimum Gasteiger partial charge on any atom is -0.351 e. The van der Waals surface area contributed by atoms with Crippen molar-refractivity contribution in [2.45, 2.75) is 82.7 Å². The fourth-order valence-electron chi connectivity index (χ4n) is 8.64. The van der Waals surface area contributed by atoms with Gasteiger partial charge >= 0.3 is 0 Å². The predicted molar refractivity (Wildman–Crippen MR) is 162 cm³/mol. The number of carbonyl (C=O) groups excluding carboxylic acids is 2. The van der Waals surface area contributed by atoms with Crippen LogP contribution in [0.3, 0.4) is 0 Å². The van der Waals surface area contributed by atoms with Crippen LogP contribution in [0.25, 0.3) is 0 Å². The van der Waals surface area contributed by atoms with Crippen molar-refractivity contribution < 1.29 is 26.4 Å². The molecule has 1 heterocycles. The summed E-state index contributed by atoms with van der Waals surface area (Å²) in [5, 5.41) is 5.63. The first kappa shape index (κ1) is 31.4. The topological polar surface area (TPSA) is 156 Å². The Balaban J connectivity index is 1.32. The Morgan fingerprint density at radius 3 is 2.40 bits per heavy atom. The van der Waals surface area contributed by atoms with Crippen LogP contribution in [-0.2, 0) is 41.3 Å². The molecule has 42 heavy (non-hydrogen) atoms. The molecule has 5 rings (SSSR count). The van der Waals surface area contributed by atoms with Crippen LogP contribution < -0.4 is 16.4 Å². The molecule has 1 aliphatic heterocycles. The number of piperidine rings is 1. The van der Waals surface area contributed by atoms with Gasteiger partial charge < -0.3 is 16.4 Å². The van der Waals surface area contributed by atoms with Gasteiger partial charge in [0.05, 0.1) is 18.1 Å². The van der Waals surface area contributed by atoms with Gasteiger partial charge in [0.25, 0.3) is 0 Å². The second kappa shape index (κ2) is 11.2. The highest BCUT2D eigenvalue weighted by atomic mass is 32.2. The van der Waals surface area contributed by atoms with Gasteiger partial charge in [-0.2, -0.15) is 0 Å². The van der Waals surface area contributed by atoms with Gasteiger partial charge in [-0.05, 0) is 79.2 Å². The van der Waals surface area contributed by atoms with Crippen LogP contribution in [0, 0.1) is 16.7 Å². The molecule has 10 nitrogen and oxygen atoms in total. The summed E-state index contributed by atoms with van der Waals surface area (Å²) in [6.45, 7) is 4.89. The lowest BCUT2D eigenvalue weighted by atomic mass is 9.69. The van der Waals surface area contributed by atoms with E-state index in [0.29, 0.717) is 25.9 Å². The summed E-state index contributed by atoms with van der Waals surface area (Å²) in [5.41, 5.74) is 7.27. The largest absolute Gasteiger partial charge is 0.351 e. The molecule has 1 saturated heterocycles. The van der Waals surface area contributed by atoms with Crippen molar-refractivity contribution in [3.05, 3.63) is 35.4 Å². The van der Waals surface area contributed by atoms with Crippen molar-refractivity contribution >= 4 is 31.7 Å². The Kier molecular flexibility index (Phi) is 8.35. The zero-order valence-electron chi connectivity index (χ0n) is 25.0. The normalized spacial score (nSPS) is 28.9. The molecular weight excluding hydrogens is 576 g/mol. The molecule has 2 saturated carbocycles. The fraction of sp³-hybridized carbons (Fsp3) is 0.733. The average molecular weight is 623 g/mol. The van der Waals surface area contributed by atoms with E-state index in [1.807, 2.05) is 0 Å². The fourth-order valence-corrected chi connectivity index (χ4v) is 11.6. The van der Waals surface area contributed by atoms with Crippen molar-refractivity contribution in [3.63, 3.8) is 0 Å². The number of sulfonamides is 1. The number of nitrogens with two attached hydrogens (primary N) is 1. The van der Waals surface area contributed by atoms with Crippen LogP contribution in [0.2, 0.25) is 0 Å². The molecule has 4 N–H and O–H groups in total. The van der Waals surface area contributed by atoms with Crippen LogP contribution >= 0.6 is 0 Å². The SMILES string of the molecule is CC1(C)[C@@H]2CC[C@@]1(CS(=O)(=O)N1CCC3(CCc4ccccc43)CC1)[C@@H](NC(=O)C(CCS(C)(=O)=O)NC(=O)CN)C2. The third kappa shape index (κ3) is 5.64. The van der Waals surface area contributed by atoms with E-state index in [-0.39, 0.29) is 41.2 Å². The highest BCUT2D eigenvalue weighted by Crippen LogP contribution is 2.66. The van der Waals surface area contributed by atoms with Gasteiger partial charge in [0.15, 0.2) is 0 Å². The lowest BCUT2D eigenvalue weighted by molar-refractivity contribution is -0.129. The first-order chi connectivity index (χ1) is 19.6. The van der Waals surface area contributed by atoms with E-state index in [0.717, 1.165) is 38.4 Å². The van der Waals surface area contributed by atoms with E-state index in [1.165, 1.54) is 11.1 Å². The number of aryl methyl sites for hydroxylation is 1. The van der Waals surface area contributed by atoms with Crippen molar-refractivity contribution in [3.8, 4) is 0 Å². The molecule has 4 atom stereocenters. The lowest BCUT2D eigenvalue weighted by Crippen LogP contribution is -2.58. The molecule has 1 spiro atoms. The first-order valence-electron chi connectivity index (χ1n) is 15.2. The summed E-state index contributed by atoms with van der Waals surface area (Å²) >= 11 is 0. The Morgan fingerprint density at radius 1 is 1.07 bits per heavy atom. The Bertz CT molecular complexity index is 1440. The van der Waals surface area contributed by atoms with E-state index in [4.69, 9.17) is 5.73 Å². The standard InChI is InChI=1S/C30H46N4O6S2/c1-28(2)22-9-12-30(28,25(18-22)33-27(36)24(32-26(35)19-31)10-17-41(3,37)38)20-42(39,40)34-15-13-29(14-16-34)11-8-21-6-4-5-7-23(21)29/h4-7,22,24-25H,8-20,31H2,1-3H3,(H,32,35)(H,33,36)/t22-,24?,25+,30-/m1/s1. The van der Waals surface area contributed by atoms with E-state index in [1.54, 1.807) is 4.31 Å². The van der Waals surface area contributed by atoms with Gasteiger partial charge in [-0.1, -0.05) is 38.1 Å². The van der Waals surface area contributed by atoms with Crippen molar-refractivity contribution in [2.75, 3.05) is 37.4 Å². The zero-order chi connectivity index (χ0) is 30.6. The quantitative estimate of drug-likeness (QED) is 0.357. The molecule has 12 heteroatoms. The summed E-state index contributed by atoms with van der Waals surface area (Å²) in [6, 6.07) is 7.07. The number of hydrogen-bond donors (Lipinski definition) is 3. The summed E-state index contributed by atoms with van der Waals surface area (Å²) in [4.78, 5) is 25.5. The molecule has 0 radical (unpaired) electrons. The molecule has 3 aliphatic carbocycles. The molecule has 0 aromatic heterocycles. The van der Waals surface area contributed by atoms with Gasteiger partial charge in [0.2, 0.25) is 21.8 Å². The number of carbonyl (C=O) groups is 2. The van der Waals surface area contributed by atoms with Gasteiger partial charge in [-0.15, -0.1) is 0 Å². The Labute approximate surface area is 250 Å². The van der Waals surface area contributed by atoms with E-state index < -0.39 is 49.2 Å². The maximum absolute atomic E-state index is 14.1. The third-order valence-electron chi connectivity index (χ3n) is 11.3. The van der Waals surface area contributed by atoms with Crippen LogP contribution in [0.5, 0.6) is 0 Å². The van der Waals surface area contributed by atoms with Crippen molar-refractivity contribution in [1.29, 1.82) is 0 Å². The maximum Gasteiger partial charge on any atom is 0.242 e. The molecule has 1 aromatic rings. The monoisotopic (exact) mass is 622 g/mol. The lowest BCUT2D eigenvalue weighted by Gasteiger charge is -2.45. The van der Waals surface area contributed by atoms with E-state index in [9.17, 15) is 26.4 Å². The summed E-state index contributed by atoms with van der Waals surface area (Å²) in [6.07, 6.45) is 6.96. The highest BCUT2D eigenvalue weighted by Gasteiger charge is 2.66. The van der Waals surface area contributed by atoms with E-state index in [2.05, 4.69) is 48.7 Å². The second-order valence-corrected chi connectivity index (χ2v) is 18.0. The maximum atomic E-state index is 14.1. The summed E-state index contributed by atoms with van der Waals surface area (Å²) in [7, 11) is -7.00. The minimum atomic E-state index is -3.63. The molecule has 3 fully saturated rings. The zero-order valence-corrected chi connectivity index (χ0v) is 26.7. The van der Waals surface area contributed by atoms with Gasteiger partial charge in [-0.3, -0.25) is 9.59 Å². The van der Waals surface area contributed by atoms with Crippen molar-refractivity contribution in [1.82, 2.24) is 14.9 Å². The molecule has 2 bridgehead atoms. The minimum absolute atomic E-state index is 0.0405. The molecule has 4 aliphatic rings. The smallest absolute Gasteiger partial charge is 0.242 e. The van der Waals surface area contributed by atoms with Crippen LogP contribution in [0.15, 0.2) is 24.3 Å². The number of sulfone groups is 1. The number of benzene rings is 1. The number of rotatable bonds is 10. The number of hydrogen-bond acceptors (Lipinski definition) is 7.